The summed E-state index contributed by atoms with van der Waals surface area (Å²) >= 11 is 0. The Morgan fingerprint density at radius 3 is 2.93 bits per heavy atom. The molecule has 0 radical (unpaired) electrons. The summed E-state index contributed by atoms with van der Waals surface area (Å²) in [6, 6.07) is -0.0216. The third kappa shape index (κ3) is 1.69. The van der Waals surface area contributed by atoms with Crippen molar-refractivity contribution in [1.29, 1.82) is 0 Å². The molecule has 76 valence electrons. The fourth-order valence-electron chi connectivity index (χ4n) is 1.54. The first-order chi connectivity index (χ1) is 6.79. The van der Waals surface area contributed by atoms with E-state index in [0.717, 1.165) is 5.82 Å². The van der Waals surface area contributed by atoms with E-state index < -0.39 is 6.10 Å². The SMILES string of the molecule is CN(c1cnccn1)C1COCC1O. The Morgan fingerprint density at radius 2 is 2.36 bits per heavy atom. The van der Waals surface area contributed by atoms with Gasteiger partial charge >= 0.3 is 0 Å². The third-order valence-electron chi connectivity index (χ3n) is 2.43. The van der Waals surface area contributed by atoms with Crippen LogP contribution in [0.25, 0.3) is 0 Å². The van der Waals surface area contributed by atoms with Crippen LogP contribution in [-0.2, 0) is 4.74 Å². The van der Waals surface area contributed by atoms with Gasteiger partial charge in [0.15, 0.2) is 0 Å². The molecule has 2 heterocycles. The largest absolute Gasteiger partial charge is 0.388 e. The maximum Gasteiger partial charge on any atom is 0.147 e. The molecule has 0 aromatic carbocycles. The van der Waals surface area contributed by atoms with Gasteiger partial charge in [-0.2, -0.15) is 0 Å². The van der Waals surface area contributed by atoms with Gasteiger partial charge in [-0.25, -0.2) is 4.98 Å². The number of likely N-dealkylation sites (N-methyl/N-ethyl adjacent to an activating group) is 1. The molecule has 0 bridgehead atoms. The lowest BCUT2D eigenvalue weighted by Gasteiger charge is -2.25. The number of nitrogens with zero attached hydrogens (tertiary/aromatic N) is 3. The van der Waals surface area contributed by atoms with E-state index in [2.05, 4.69) is 9.97 Å². The second-order valence-corrected chi connectivity index (χ2v) is 3.35. The minimum absolute atomic E-state index is 0.0216. The molecule has 1 fully saturated rings. The van der Waals surface area contributed by atoms with Crippen LogP contribution in [0.4, 0.5) is 5.82 Å². The molecule has 0 spiro atoms. The second kappa shape index (κ2) is 3.89. The lowest BCUT2D eigenvalue weighted by atomic mass is 10.2. The Hall–Kier alpha value is -1.20. The van der Waals surface area contributed by atoms with E-state index in [1.54, 1.807) is 18.6 Å². The fraction of sp³-hybridized carbons (Fsp3) is 0.556. The predicted molar refractivity (Wildman–Crippen MR) is 51.0 cm³/mol. The predicted octanol–water partition coefficient (Wildman–Crippen LogP) is -0.328. The normalized spacial score (nSPS) is 26.4. The lowest BCUT2D eigenvalue weighted by Crippen LogP contribution is -2.41. The van der Waals surface area contributed by atoms with Crippen molar-refractivity contribution < 1.29 is 9.84 Å². The van der Waals surface area contributed by atoms with Crippen molar-refractivity contribution in [2.45, 2.75) is 12.1 Å². The quantitative estimate of drug-likeness (QED) is 0.700. The van der Waals surface area contributed by atoms with Gasteiger partial charge < -0.3 is 14.7 Å². The molecular weight excluding hydrogens is 182 g/mol. The number of hydrogen-bond donors (Lipinski definition) is 1. The van der Waals surface area contributed by atoms with Crippen LogP contribution in [0, 0.1) is 0 Å². The van der Waals surface area contributed by atoms with Gasteiger partial charge in [0.1, 0.15) is 5.82 Å². The van der Waals surface area contributed by atoms with E-state index in [-0.39, 0.29) is 6.04 Å². The molecule has 2 unspecified atom stereocenters. The van der Waals surface area contributed by atoms with Crippen molar-refractivity contribution in [3.05, 3.63) is 18.6 Å². The van der Waals surface area contributed by atoms with Crippen molar-refractivity contribution in [2.24, 2.45) is 0 Å². The molecule has 2 atom stereocenters. The highest BCUT2D eigenvalue weighted by atomic mass is 16.5. The minimum Gasteiger partial charge on any atom is -0.388 e. The van der Waals surface area contributed by atoms with Gasteiger partial charge in [-0.05, 0) is 0 Å². The number of aliphatic hydroxyl groups excluding tert-OH is 1. The molecule has 1 aliphatic heterocycles. The summed E-state index contributed by atoms with van der Waals surface area (Å²) in [5.41, 5.74) is 0. The molecule has 0 aliphatic carbocycles. The zero-order valence-electron chi connectivity index (χ0n) is 8.00. The van der Waals surface area contributed by atoms with Crippen LogP contribution in [-0.4, -0.2) is 47.5 Å². The van der Waals surface area contributed by atoms with Crippen LogP contribution < -0.4 is 4.90 Å². The molecule has 1 aromatic rings. The van der Waals surface area contributed by atoms with E-state index in [4.69, 9.17) is 4.74 Å². The topological polar surface area (TPSA) is 58.5 Å². The van der Waals surface area contributed by atoms with E-state index in [9.17, 15) is 5.11 Å². The molecule has 5 heteroatoms. The van der Waals surface area contributed by atoms with E-state index in [1.807, 2.05) is 11.9 Å². The first-order valence-electron chi connectivity index (χ1n) is 4.53. The van der Waals surface area contributed by atoms with Crippen molar-refractivity contribution in [2.75, 3.05) is 25.2 Å². The average Bonchev–Trinajstić information content (AvgIpc) is 2.65. The molecule has 1 N–H and O–H groups in total. The van der Waals surface area contributed by atoms with Gasteiger partial charge in [-0.15, -0.1) is 0 Å². The summed E-state index contributed by atoms with van der Waals surface area (Å²) in [6.07, 6.45) is 4.49. The Morgan fingerprint density at radius 1 is 1.50 bits per heavy atom. The summed E-state index contributed by atoms with van der Waals surface area (Å²) in [5, 5.41) is 9.61. The van der Waals surface area contributed by atoms with E-state index >= 15 is 0 Å². The number of ether oxygens (including phenoxy) is 1. The van der Waals surface area contributed by atoms with Gasteiger partial charge in [0.05, 0.1) is 31.6 Å². The van der Waals surface area contributed by atoms with E-state index in [0.29, 0.717) is 13.2 Å². The Bertz CT molecular complexity index is 293. The first-order valence-corrected chi connectivity index (χ1v) is 4.53. The maximum absolute atomic E-state index is 9.61. The maximum atomic E-state index is 9.61. The van der Waals surface area contributed by atoms with Gasteiger partial charge in [0.25, 0.3) is 0 Å². The second-order valence-electron chi connectivity index (χ2n) is 3.35. The highest BCUT2D eigenvalue weighted by molar-refractivity contribution is 5.36. The number of aromatic nitrogens is 2. The minimum atomic E-state index is -0.443. The summed E-state index contributed by atoms with van der Waals surface area (Å²) in [6.45, 7) is 0.934. The monoisotopic (exact) mass is 195 g/mol. The summed E-state index contributed by atoms with van der Waals surface area (Å²) in [5.74, 6) is 0.752. The molecule has 1 aromatic heterocycles. The van der Waals surface area contributed by atoms with Crippen molar-refractivity contribution in [3.63, 3.8) is 0 Å². The fourth-order valence-corrected chi connectivity index (χ4v) is 1.54. The summed E-state index contributed by atoms with van der Waals surface area (Å²) < 4.78 is 5.17. The van der Waals surface area contributed by atoms with Crippen molar-refractivity contribution in [3.8, 4) is 0 Å². The Kier molecular flexibility index (Phi) is 2.60. The molecule has 14 heavy (non-hydrogen) atoms. The number of aliphatic hydroxyl groups is 1. The highest BCUT2D eigenvalue weighted by Gasteiger charge is 2.30. The Labute approximate surface area is 82.4 Å². The Balaban J connectivity index is 2.12. The third-order valence-corrected chi connectivity index (χ3v) is 2.43. The lowest BCUT2D eigenvalue weighted by molar-refractivity contribution is 0.124. The van der Waals surface area contributed by atoms with Crippen molar-refractivity contribution in [1.82, 2.24) is 9.97 Å². The van der Waals surface area contributed by atoms with Gasteiger partial charge in [-0.1, -0.05) is 0 Å². The molecular formula is C9H13N3O2. The van der Waals surface area contributed by atoms with Gasteiger partial charge in [-0.3, -0.25) is 4.98 Å². The zero-order valence-corrected chi connectivity index (χ0v) is 8.00. The molecule has 1 aliphatic rings. The van der Waals surface area contributed by atoms with Crippen LogP contribution in [0.2, 0.25) is 0 Å². The molecule has 0 amide bonds. The van der Waals surface area contributed by atoms with Crippen LogP contribution in [0.5, 0.6) is 0 Å². The number of anilines is 1. The number of hydrogen-bond acceptors (Lipinski definition) is 5. The zero-order chi connectivity index (χ0) is 9.97. The van der Waals surface area contributed by atoms with Crippen LogP contribution in [0.15, 0.2) is 18.6 Å². The smallest absolute Gasteiger partial charge is 0.147 e. The van der Waals surface area contributed by atoms with Gasteiger partial charge in [0.2, 0.25) is 0 Å². The van der Waals surface area contributed by atoms with Crippen LogP contribution in [0.3, 0.4) is 0 Å². The van der Waals surface area contributed by atoms with Crippen LogP contribution >= 0.6 is 0 Å². The average molecular weight is 195 g/mol. The van der Waals surface area contributed by atoms with E-state index in [1.165, 1.54) is 0 Å². The molecule has 2 rings (SSSR count). The highest BCUT2D eigenvalue weighted by Crippen LogP contribution is 2.16. The molecule has 0 saturated carbocycles. The molecule has 1 saturated heterocycles. The molecule has 5 nitrogen and oxygen atoms in total. The van der Waals surface area contributed by atoms with Crippen molar-refractivity contribution >= 4 is 5.82 Å². The summed E-state index contributed by atoms with van der Waals surface area (Å²) in [4.78, 5) is 10.0. The van der Waals surface area contributed by atoms with Crippen LogP contribution in [0.1, 0.15) is 0 Å². The first kappa shape index (κ1) is 9.36. The summed E-state index contributed by atoms with van der Waals surface area (Å²) in [7, 11) is 1.88. The standard InChI is InChI=1S/C9H13N3O2/c1-12(7-5-14-6-8(7)13)9-4-10-2-3-11-9/h2-4,7-8,13H,5-6H2,1H3. The van der Waals surface area contributed by atoms with Gasteiger partial charge in [0, 0.05) is 19.4 Å². The number of rotatable bonds is 2.